The first-order valence-electron chi connectivity index (χ1n) is 21.5. The summed E-state index contributed by atoms with van der Waals surface area (Å²) in [6.45, 7) is 28.6. The van der Waals surface area contributed by atoms with Crippen molar-refractivity contribution in [3.63, 3.8) is 0 Å². The van der Waals surface area contributed by atoms with Gasteiger partial charge in [-0.2, -0.15) is 5.10 Å². The predicted octanol–water partition coefficient (Wildman–Crippen LogP) is 12.9. The molecule has 0 spiro atoms. The minimum atomic E-state index is -0.626. The first-order valence-corrected chi connectivity index (χ1v) is 21.5. The van der Waals surface area contributed by atoms with E-state index in [1.54, 1.807) is 0 Å². The molecule has 9 rings (SSSR count). The summed E-state index contributed by atoms with van der Waals surface area (Å²) in [5, 5.41) is 8.19. The molecular formula is C55H62N4. The second-order valence-corrected chi connectivity index (χ2v) is 21.7. The van der Waals surface area contributed by atoms with E-state index in [4.69, 9.17) is 0 Å². The van der Waals surface area contributed by atoms with Gasteiger partial charge in [-0.1, -0.05) is 180 Å². The van der Waals surface area contributed by atoms with Crippen LogP contribution in [0.5, 0.6) is 0 Å². The Kier molecular flexibility index (Phi) is 8.51. The van der Waals surface area contributed by atoms with Crippen molar-refractivity contribution in [1.29, 1.82) is 0 Å². The van der Waals surface area contributed by atoms with E-state index in [2.05, 4.69) is 226 Å². The molecular weight excluding hydrogens is 717 g/mol. The summed E-state index contributed by atoms with van der Waals surface area (Å²) >= 11 is 0. The Morgan fingerprint density at radius 1 is 0.492 bits per heavy atom. The van der Waals surface area contributed by atoms with Crippen LogP contribution in [0.25, 0.3) is 22.3 Å². The smallest absolute Gasteiger partial charge is 0.118 e. The molecule has 0 radical (unpaired) electrons. The fourth-order valence-electron chi connectivity index (χ4n) is 10.2. The fraction of sp³-hybridized carbons (Fsp3) is 0.364. The van der Waals surface area contributed by atoms with Crippen LogP contribution >= 0.6 is 0 Å². The third kappa shape index (κ3) is 5.80. The van der Waals surface area contributed by atoms with Crippen LogP contribution in [-0.4, -0.2) is 33.7 Å². The Hall–Kier alpha value is -5.35. The number of nitrogens with one attached hydrogen (secondary N) is 1. The number of H-pyrrole nitrogens is 1. The van der Waals surface area contributed by atoms with Gasteiger partial charge >= 0.3 is 0 Å². The van der Waals surface area contributed by atoms with Gasteiger partial charge in [0.25, 0.3) is 0 Å². The molecule has 0 fully saturated rings. The van der Waals surface area contributed by atoms with Crippen LogP contribution in [0.15, 0.2) is 122 Å². The Labute approximate surface area is 353 Å². The van der Waals surface area contributed by atoms with E-state index in [0.29, 0.717) is 0 Å². The highest BCUT2D eigenvalue weighted by Crippen LogP contribution is 2.60. The van der Waals surface area contributed by atoms with Crippen molar-refractivity contribution in [3.8, 4) is 22.3 Å². The zero-order valence-corrected chi connectivity index (χ0v) is 37.6. The fourth-order valence-corrected chi connectivity index (χ4v) is 10.2. The van der Waals surface area contributed by atoms with Gasteiger partial charge in [0, 0.05) is 25.6 Å². The molecule has 0 unspecified atom stereocenters. The number of rotatable bonds is 4. The number of aromatic amines is 1. The molecule has 302 valence electrons. The zero-order chi connectivity index (χ0) is 42.1. The lowest BCUT2D eigenvalue weighted by Gasteiger charge is -2.43. The van der Waals surface area contributed by atoms with Gasteiger partial charge in [0.1, 0.15) is 5.54 Å². The Morgan fingerprint density at radius 3 is 1.31 bits per heavy atom. The van der Waals surface area contributed by atoms with Gasteiger partial charge in [-0.3, -0.25) is 5.10 Å². The quantitative estimate of drug-likeness (QED) is 0.193. The molecule has 3 aliphatic rings. The minimum absolute atomic E-state index is 0.00172. The van der Waals surface area contributed by atoms with Crippen LogP contribution in [0.1, 0.15) is 144 Å². The number of hydrogen-bond acceptors (Lipinski definition) is 3. The average Bonchev–Trinajstić information content (AvgIpc) is 3.97. The van der Waals surface area contributed by atoms with Crippen molar-refractivity contribution in [3.05, 3.63) is 183 Å². The van der Waals surface area contributed by atoms with Crippen LogP contribution in [0.4, 0.5) is 0 Å². The first kappa shape index (κ1) is 39.1. The molecule has 2 heterocycles. The maximum atomic E-state index is 4.65. The van der Waals surface area contributed by atoms with E-state index >= 15 is 0 Å². The summed E-state index contributed by atoms with van der Waals surface area (Å²) in [6.07, 6.45) is 6.46. The van der Waals surface area contributed by atoms with Crippen LogP contribution in [0.2, 0.25) is 0 Å². The van der Waals surface area contributed by atoms with Crippen LogP contribution in [0, 0.1) is 0 Å². The topological polar surface area (TPSA) is 35.2 Å². The summed E-state index contributed by atoms with van der Waals surface area (Å²) in [5.41, 5.74) is 18.3. The van der Waals surface area contributed by atoms with E-state index in [1.165, 1.54) is 77.9 Å². The van der Waals surface area contributed by atoms with Gasteiger partial charge in [0.15, 0.2) is 0 Å². The number of fused-ring (bicyclic) bond motifs is 6. The molecule has 2 aliphatic carbocycles. The molecule has 0 atom stereocenters. The zero-order valence-electron chi connectivity index (χ0n) is 37.6. The number of benzene rings is 5. The Bertz CT molecular complexity index is 2520. The summed E-state index contributed by atoms with van der Waals surface area (Å²) in [6, 6.07) is 40.9. The van der Waals surface area contributed by atoms with E-state index in [-0.39, 0.29) is 21.7 Å². The standard InChI is InChI=1S/C55H62N4/c1-50(2,3)35-17-21-45-41(30-35)42-31-36(51(4,5)6)18-22-46(42)54(45,49-25-26-56-57-49)39-15-14-16-40(29-39)55(59-28-27-58(13)34-59)47-23-19-37(52(7,8)9)32-43(47)44-33-38(53(10,11)12)20-24-48(44)55/h14-33H,34H2,1-13H3,(H,56,57). The Balaban J connectivity index is 1.38. The molecule has 5 aromatic carbocycles. The second-order valence-electron chi connectivity index (χ2n) is 21.7. The third-order valence-electron chi connectivity index (χ3n) is 13.6. The van der Waals surface area contributed by atoms with Crippen LogP contribution < -0.4 is 0 Å². The first-order chi connectivity index (χ1) is 27.7. The lowest BCUT2D eigenvalue weighted by atomic mass is 9.68. The van der Waals surface area contributed by atoms with Gasteiger partial charge in [0.05, 0.1) is 17.8 Å². The number of hydrogen-bond donors (Lipinski definition) is 1. The van der Waals surface area contributed by atoms with Crippen molar-refractivity contribution in [1.82, 2.24) is 20.0 Å². The molecule has 1 aliphatic heterocycles. The molecule has 0 amide bonds. The number of aromatic nitrogens is 2. The van der Waals surface area contributed by atoms with Crippen molar-refractivity contribution < 1.29 is 0 Å². The highest BCUT2D eigenvalue weighted by atomic mass is 15.4. The largest absolute Gasteiger partial charge is 0.362 e. The van der Waals surface area contributed by atoms with E-state index in [0.717, 1.165) is 12.4 Å². The maximum absolute atomic E-state index is 4.65. The lowest BCUT2D eigenvalue weighted by molar-refractivity contribution is 0.198. The van der Waals surface area contributed by atoms with Crippen molar-refractivity contribution in [2.24, 2.45) is 0 Å². The lowest BCUT2D eigenvalue weighted by Crippen LogP contribution is -2.45. The van der Waals surface area contributed by atoms with Gasteiger partial charge < -0.3 is 9.80 Å². The van der Waals surface area contributed by atoms with E-state index < -0.39 is 11.0 Å². The molecule has 6 aromatic rings. The van der Waals surface area contributed by atoms with Crippen molar-refractivity contribution >= 4 is 0 Å². The molecule has 59 heavy (non-hydrogen) atoms. The van der Waals surface area contributed by atoms with E-state index in [1.807, 2.05) is 6.20 Å². The normalized spacial score (nSPS) is 16.6. The van der Waals surface area contributed by atoms with Crippen LogP contribution in [0.3, 0.4) is 0 Å². The predicted molar refractivity (Wildman–Crippen MR) is 246 cm³/mol. The highest BCUT2D eigenvalue weighted by molar-refractivity contribution is 5.88. The maximum Gasteiger partial charge on any atom is 0.118 e. The average molecular weight is 779 g/mol. The van der Waals surface area contributed by atoms with Crippen LogP contribution in [-0.2, 0) is 32.6 Å². The molecule has 1 aromatic heterocycles. The SMILES string of the molecule is CN1C=CN(C2(c3cccc(C4(c5ccn[nH]5)c5ccc(C(C)(C)C)cc5-c5cc(C(C)(C)C)ccc54)c3)c3ccc(C(C)(C)C)cc3-c3cc(C(C)(C)C)ccc32)C1. The molecule has 4 heteroatoms. The summed E-state index contributed by atoms with van der Waals surface area (Å²) < 4.78 is 0. The van der Waals surface area contributed by atoms with Gasteiger partial charge in [-0.25, -0.2) is 0 Å². The molecule has 0 bridgehead atoms. The minimum Gasteiger partial charge on any atom is -0.362 e. The number of nitrogens with zero attached hydrogens (tertiary/aromatic N) is 3. The van der Waals surface area contributed by atoms with E-state index in [9.17, 15) is 0 Å². The molecule has 0 saturated carbocycles. The molecule has 0 saturated heterocycles. The van der Waals surface area contributed by atoms with Gasteiger partial charge in [-0.05, 0) is 106 Å². The second kappa shape index (κ2) is 12.8. The third-order valence-corrected chi connectivity index (χ3v) is 13.6. The summed E-state index contributed by atoms with van der Waals surface area (Å²) in [4.78, 5) is 4.88. The molecule has 4 nitrogen and oxygen atoms in total. The van der Waals surface area contributed by atoms with Crippen molar-refractivity contribution in [2.75, 3.05) is 13.7 Å². The van der Waals surface area contributed by atoms with Gasteiger partial charge in [0.2, 0.25) is 0 Å². The van der Waals surface area contributed by atoms with Crippen molar-refractivity contribution in [2.45, 2.75) is 116 Å². The Morgan fingerprint density at radius 2 is 0.915 bits per heavy atom. The van der Waals surface area contributed by atoms with Gasteiger partial charge in [-0.15, -0.1) is 0 Å². The molecule has 1 N–H and O–H groups in total. The highest BCUT2D eigenvalue weighted by Gasteiger charge is 2.52. The summed E-state index contributed by atoms with van der Waals surface area (Å²) in [7, 11) is 2.18. The summed E-state index contributed by atoms with van der Waals surface area (Å²) in [5.74, 6) is 0. The monoisotopic (exact) mass is 778 g/mol.